The molecule has 0 bridgehead atoms. The first-order valence-electron chi connectivity index (χ1n) is 8.34. The molecule has 1 aromatic carbocycles. The molecule has 2 N–H and O–H groups in total. The predicted octanol–water partition coefficient (Wildman–Crippen LogP) is 2.43. The number of hydrogen-bond donors (Lipinski definition) is 2. The fourth-order valence-electron chi connectivity index (χ4n) is 3.07. The number of benzene rings is 1. The van der Waals surface area contributed by atoms with Crippen LogP contribution in [-0.4, -0.2) is 52.7 Å². The van der Waals surface area contributed by atoms with Gasteiger partial charge in [0, 0.05) is 6.54 Å². The summed E-state index contributed by atoms with van der Waals surface area (Å²) in [6.45, 7) is 2.82. The Bertz CT molecular complexity index is 697. The van der Waals surface area contributed by atoms with Crippen molar-refractivity contribution in [1.82, 2.24) is 14.9 Å². The van der Waals surface area contributed by atoms with Crippen LogP contribution in [-0.2, 0) is 0 Å². The average Bonchev–Trinajstić information content (AvgIpc) is 3.17. The van der Waals surface area contributed by atoms with Crippen molar-refractivity contribution in [3.8, 4) is 5.75 Å². The van der Waals surface area contributed by atoms with Gasteiger partial charge in [-0.3, -0.25) is 4.90 Å². The summed E-state index contributed by atoms with van der Waals surface area (Å²) >= 11 is 0. The van der Waals surface area contributed by atoms with E-state index in [9.17, 15) is 4.79 Å². The molecule has 1 fully saturated rings. The van der Waals surface area contributed by atoms with E-state index in [0.717, 1.165) is 18.8 Å². The Labute approximate surface area is 146 Å². The summed E-state index contributed by atoms with van der Waals surface area (Å²) in [6, 6.07) is 8.33. The molecule has 2 aromatic rings. The number of carboxylic acid groups (broad SMARTS) is 1. The second-order valence-corrected chi connectivity index (χ2v) is 6.00. The Balaban J connectivity index is 1.71. The van der Waals surface area contributed by atoms with Gasteiger partial charge in [0.05, 0.1) is 25.5 Å². The van der Waals surface area contributed by atoms with E-state index in [1.807, 2.05) is 12.1 Å². The second-order valence-electron chi connectivity index (χ2n) is 6.00. The first-order chi connectivity index (χ1) is 12.2. The molecule has 2 heterocycles. The van der Waals surface area contributed by atoms with Gasteiger partial charge in [0.1, 0.15) is 11.6 Å². The fourth-order valence-corrected chi connectivity index (χ4v) is 3.07. The van der Waals surface area contributed by atoms with Crippen LogP contribution in [0.1, 0.15) is 34.9 Å². The van der Waals surface area contributed by atoms with E-state index in [-0.39, 0.29) is 11.7 Å². The maximum absolute atomic E-state index is 10.8. The van der Waals surface area contributed by atoms with Crippen LogP contribution in [0.2, 0.25) is 0 Å². The highest BCUT2D eigenvalue weighted by molar-refractivity contribution is 5.84. The zero-order valence-electron chi connectivity index (χ0n) is 14.2. The lowest BCUT2D eigenvalue weighted by atomic mass is 10.1. The summed E-state index contributed by atoms with van der Waals surface area (Å²) in [4.78, 5) is 21.3. The van der Waals surface area contributed by atoms with Crippen molar-refractivity contribution in [3.63, 3.8) is 0 Å². The van der Waals surface area contributed by atoms with Crippen LogP contribution in [0.25, 0.3) is 0 Å². The first-order valence-corrected chi connectivity index (χ1v) is 8.34. The number of rotatable bonds is 7. The molecule has 25 heavy (non-hydrogen) atoms. The van der Waals surface area contributed by atoms with Crippen molar-refractivity contribution < 1.29 is 14.6 Å². The van der Waals surface area contributed by atoms with E-state index in [4.69, 9.17) is 9.84 Å². The molecule has 0 saturated carbocycles. The second kappa shape index (κ2) is 7.94. The van der Waals surface area contributed by atoms with E-state index < -0.39 is 5.97 Å². The summed E-state index contributed by atoms with van der Waals surface area (Å²) < 4.78 is 5.24. The van der Waals surface area contributed by atoms with Gasteiger partial charge in [-0.2, -0.15) is 0 Å². The van der Waals surface area contributed by atoms with Crippen LogP contribution in [0.4, 0.5) is 5.82 Å². The molecule has 7 heteroatoms. The number of aromatic carboxylic acids is 1. The molecule has 1 atom stereocenters. The molecule has 1 unspecified atom stereocenters. The summed E-state index contributed by atoms with van der Waals surface area (Å²) in [5.74, 6) is 0.335. The van der Waals surface area contributed by atoms with Crippen LogP contribution in [0, 0.1) is 0 Å². The normalized spacial score (nSPS) is 15.7. The molecular formula is C18H22N4O3. The van der Waals surface area contributed by atoms with Crippen molar-refractivity contribution in [1.29, 1.82) is 0 Å². The number of carboxylic acids is 1. The van der Waals surface area contributed by atoms with Crippen molar-refractivity contribution >= 4 is 11.8 Å². The minimum Gasteiger partial charge on any atom is -0.497 e. The number of ether oxygens (including phenoxy) is 1. The number of likely N-dealkylation sites (tertiary alicyclic amines) is 1. The lowest BCUT2D eigenvalue weighted by Gasteiger charge is -2.28. The number of anilines is 1. The van der Waals surface area contributed by atoms with Gasteiger partial charge in [-0.05, 0) is 43.6 Å². The van der Waals surface area contributed by atoms with E-state index >= 15 is 0 Å². The van der Waals surface area contributed by atoms with Crippen LogP contribution in [0.5, 0.6) is 5.75 Å². The number of aromatic nitrogens is 2. The molecule has 0 radical (unpaired) electrons. The molecule has 0 spiro atoms. The molecule has 1 aliphatic heterocycles. The van der Waals surface area contributed by atoms with E-state index in [1.165, 1.54) is 30.8 Å². The minimum atomic E-state index is -1.08. The molecule has 0 amide bonds. The van der Waals surface area contributed by atoms with Gasteiger partial charge >= 0.3 is 5.97 Å². The van der Waals surface area contributed by atoms with Crippen molar-refractivity contribution in [2.75, 3.05) is 32.1 Å². The number of carbonyl (C=O) groups is 1. The molecule has 1 aliphatic rings. The monoisotopic (exact) mass is 342 g/mol. The highest BCUT2D eigenvalue weighted by Gasteiger charge is 2.23. The zero-order valence-corrected chi connectivity index (χ0v) is 14.2. The van der Waals surface area contributed by atoms with Crippen molar-refractivity contribution in [2.24, 2.45) is 0 Å². The van der Waals surface area contributed by atoms with Gasteiger partial charge in [-0.25, -0.2) is 14.8 Å². The average molecular weight is 342 g/mol. The summed E-state index contributed by atoms with van der Waals surface area (Å²) in [5.41, 5.74) is 1.15. The first kappa shape index (κ1) is 17.2. The zero-order chi connectivity index (χ0) is 17.6. The smallest absolute Gasteiger partial charge is 0.356 e. The highest BCUT2D eigenvalue weighted by atomic mass is 16.5. The number of hydrogen-bond acceptors (Lipinski definition) is 6. The number of nitrogens with one attached hydrogen (secondary N) is 1. The molecule has 132 valence electrons. The van der Waals surface area contributed by atoms with E-state index in [0.29, 0.717) is 12.4 Å². The maximum Gasteiger partial charge on any atom is 0.356 e. The van der Waals surface area contributed by atoms with Gasteiger partial charge in [0.2, 0.25) is 0 Å². The molecular weight excluding hydrogens is 320 g/mol. The third kappa shape index (κ3) is 4.24. The molecule has 3 rings (SSSR count). The molecule has 7 nitrogen and oxygen atoms in total. The minimum absolute atomic E-state index is 0.0585. The summed E-state index contributed by atoms with van der Waals surface area (Å²) in [7, 11) is 1.66. The van der Waals surface area contributed by atoms with Crippen molar-refractivity contribution in [2.45, 2.75) is 18.9 Å². The predicted molar refractivity (Wildman–Crippen MR) is 94.0 cm³/mol. The van der Waals surface area contributed by atoms with Gasteiger partial charge < -0.3 is 15.2 Å². The lowest BCUT2D eigenvalue weighted by Crippen LogP contribution is -2.31. The topological polar surface area (TPSA) is 87.6 Å². The molecule has 1 aromatic heterocycles. The van der Waals surface area contributed by atoms with Gasteiger partial charge in [0.25, 0.3) is 0 Å². The summed E-state index contributed by atoms with van der Waals surface area (Å²) in [6.07, 6.45) is 5.14. The van der Waals surface area contributed by atoms with Gasteiger partial charge in [0.15, 0.2) is 5.69 Å². The van der Waals surface area contributed by atoms with Gasteiger partial charge in [-0.15, -0.1) is 0 Å². The quantitative estimate of drug-likeness (QED) is 0.799. The van der Waals surface area contributed by atoms with Crippen LogP contribution in [0.3, 0.4) is 0 Å². The molecule has 0 aliphatic carbocycles. The Hall–Kier alpha value is -2.67. The Morgan fingerprint density at radius 1 is 1.24 bits per heavy atom. The number of methoxy groups -OCH3 is 1. The Kier molecular flexibility index (Phi) is 5.45. The third-order valence-electron chi connectivity index (χ3n) is 4.43. The Morgan fingerprint density at radius 2 is 1.96 bits per heavy atom. The lowest BCUT2D eigenvalue weighted by molar-refractivity contribution is 0.0690. The maximum atomic E-state index is 10.8. The Morgan fingerprint density at radius 3 is 2.52 bits per heavy atom. The number of nitrogens with zero attached hydrogens (tertiary/aromatic N) is 3. The SMILES string of the molecule is COc1ccc(C(CNc2cnc(C(=O)O)cn2)N2CCCC2)cc1. The van der Waals surface area contributed by atoms with E-state index in [1.54, 1.807) is 7.11 Å². The van der Waals surface area contributed by atoms with E-state index in [2.05, 4.69) is 32.3 Å². The molecule has 1 saturated heterocycles. The fraction of sp³-hybridized carbons (Fsp3) is 0.389. The third-order valence-corrected chi connectivity index (χ3v) is 4.43. The largest absolute Gasteiger partial charge is 0.497 e. The van der Waals surface area contributed by atoms with Crippen LogP contribution < -0.4 is 10.1 Å². The van der Waals surface area contributed by atoms with Crippen LogP contribution >= 0.6 is 0 Å². The summed E-state index contributed by atoms with van der Waals surface area (Å²) in [5, 5.41) is 12.2. The van der Waals surface area contributed by atoms with Crippen molar-refractivity contribution in [3.05, 3.63) is 47.9 Å². The standard InChI is InChI=1S/C18H22N4O3/c1-25-14-6-4-13(5-7-14)16(22-8-2-3-9-22)11-21-17-12-19-15(10-20-17)18(23)24/h4-7,10,12,16H,2-3,8-9,11H2,1H3,(H,20,21)(H,23,24). The van der Waals surface area contributed by atoms with Crippen LogP contribution in [0.15, 0.2) is 36.7 Å². The van der Waals surface area contributed by atoms with Gasteiger partial charge in [-0.1, -0.05) is 12.1 Å². The highest BCUT2D eigenvalue weighted by Crippen LogP contribution is 2.27.